The predicted molar refractivity (Wildman–Crippen MR) is 90.2 cm³/mol. The lowest BCUT2D eigenvalue weighted by Gasteiger charge is -2.12. The van der Waals surface area contributed by atoms with Crippen LogP contribution in [0.3, 0.4) is 0 Å². The average molecular weight is 318 g/mol. The molecule has 4 nitrogen and oxygen atoms in total. The summed E-state index contributed by atoms with van der Waals surface area (Å²) in [7, 11) is 0. The molecule has 0 spiro atoms. The lowest BCUT2D eigenvalue weighted by atomic mass is 10.2. The molecule has 3 rings (SSSR count). The van der Waals surface area contributed by atoms with E-state index in [1.54, 1.807) is 60.7 Å². The lowest BCUT2D eigenvalue weighted by Crippen LogP contribution is -1.91. The highest BCUT2D eigenvalue weighted by Gasteiger charge is 2.07. The Morgan fingerprint density at radius 2 is 0.917 bits per heavy atom. The highest BCUT2D eigenvalue weighted by Crippen LogP contribution is 2.34. The molecule has 0 radical (unpaired) electrons. The Bertz CT molecular complexity index is 764. The third-order valence-electron chi connectivity index (χ3n) is 3.34. The second kappa shape index (κ2) is 7.24. The van der Waals surface area contributed by atoms with Gasteiger partial charge in [0.2, 0.25) is 0 Å². The van der Waals surface area contributed by atoms with Gasteiger partial charge >= 0.3 is 0 Å². The molecule has 0 bridgehead atoms. The predicted octanol–water partition coefficient (Wildman–Crippen LogP) is 4.90. The Kier molecular flexibility index (Phi) is 4.68. The number of benzene rings is 3. The summed E-state index contributed by atoms with van der Waals surface area (Å²) in [6.07, 6.45) is 1.56. The third-order valence-corrected chi connectivity index (χ3v) is 3.34. The molecule has 0 heterocycles. The molecule has 0 aliphatic heterocycles. The zero-order chi connectivity index (χ0) is 16.8. The molecule has 24 heavy (non-hydrogen) atoms. The van der Waals surface area contributed by atoms with Crippen molar-refractivity contribution in [3.63, 3.8) is 0 Å². The second-order valence-electron chi connectivity index (χ2n) is 5.02. The molecule has 0 saturated carbocycles. The zero-order valence-corrected chi connectivity index (χ0v) is 12.7. The van der Waals surface area contributed by atoms with Gasteiger partial charge < -0.3 is 9.47 Å². The van der Waals surface area contributed by atoms with Crippen LogP contribution in [0, 0.1) is 0 Å². The Hall–Kier alpha value is -3.40. The van der Waals surface area contributed by atoms with Crippen LogP contribution in [-0.4, -0.2) is 12.6 Å². The van der Waals surface area contributed by atoms with Crippen LogP contribution in [0.25, 0.3) is 0 Å². The van der Waals surface area contributed by atoms with Crippen LogP contribution >= 0.6 is 0 Å². The van der Waals surface area contributed by atoms with E-state index in [4.69, 9.17) is 9.47 Å². The van der Waals surface area contributed by atoms with Crippen LogP contribution < -0.4 is 9.47 Å². The third kappa shape index (κ3) is 3.67. The SMILES string of the molecule is O=Cc1ccc(Oc2ccccc2Oc2ccc(C=O)cc2)cc1. The van der Waals surface area contributed by atoms with Crippen molar-refractivity contribution in [2.24, 2.45) is 0 Å². The van der Waals surface area contributed by atoms with Gasteiger partial charge in [0.15, 0.2) is 11.5 Å². The monoisotopic (exact) mass is 318 g/mol. The highest BCUT2D eigenvalue weighted by atomic mass is 16.5. The van der Waals surface area contributed by atoms with Crippen molar-refractivity contribution in [2.75, 3.05) is 0 Å². The van der Waals surface area contributed by atoms with Crippen molar-refractivity contribution in [3.8, 4) is 23.0 Å². The molecular weight excluding hydrogens is 304 g/mol. The Balaban J connectivity index is 1.81. The van der Waals surface area contributed by atoms with Crippen LogP contribution in [0.2, 0.25) is 0 Å². The van der Waals surface area contributed by atoms with Crippen molar-refractivity contribution < 1.29 is 19.1 Å². The van der Waals surface area contributed by atoms with E-state index in [1.165, 1.54) is 0 Å². The standard InChI is InChI=1S/C20H14O4/c21-13-15-5-9-17(10-6-15)23-19-3-1-2-4-20(19)24-18-11-7-16(14-22)8-12-18/h1-14H. The van der Waals surface area contributed by atoms with Crippen molar-refractivity contribution in [1.82, 2.24) is 0 Å². The van der Waals surface area contributed by atoms with Gasteiger partial charge in [-0.3, -0.25) is 9.59 Å². The summed E-state index contributed by atoms with van der Waals surface area (Å²) in [6.45, 7) is 0. The molecule has 118 valence electrons. The van der Waals surface area contributed by atoms with E-state index in [0.29, 0.717) is 34.1 Å². The number of carbonyl (C=O) groups excluding carboxylic acids is 2. The topological polar surface area (TPSA) is 52.6 Å². The first kappa shape index (κ1) is 15.5. The van der Waals surface area contributed by atoms with Gasteiger partial charge in [-0.1, -0.05) is 12.1 Å². The quantitative estimate of drug-likeness (QED) is 0.607. The van der Waals surface area contributed by atoms with E-state index in [0.717, 1.165) is 12.6 Å². The summed E-state index contributed by atoms with van der Waals surface area (Å²) in [6, 6.07) is 20.9. The maximum Gasteiger partial charge on any atom is 0.169 e. The molecule has 0 N–H and O–H groups in total. The van der Waals surface area contributed by atoms with E-state index in [9.17, 15) is 9.59 Å². The highest BCUT2D eigenvalue weighted by molar-refractivity contribution is 5.75. The first-order valence-corrected chi connectivity index (χ1v) is 7.34. The lowest BCUT2D eigenvalue weighted by molar-refractivity contribution is 0.111. The molecule has 0 amide bonds. The molecule has 3 aromatic rings. The number of para-hydroxylation sites is 2. The van der Waals surface area contributed by atoms with Crippen molar-refractivity contribution in [1.29, 1.82) is 0 Å². The summed E-state index contributed by atoms with van der Waals surface area (Å²) in [5.41, 5.74) is 1.17. The van der Waals surface area contributed by atoms with Crippen LogP contribution in [0.15, 0.2) is 72.8 Å². The first-order chi connectivity index (χ1) is 11.8. The van der Waals surface area contributed by atoms with Gasteiger partial charge in [0, 0.05) is 11.1 Å². The Morgan fingerprint density at radius 3 is 1.25 bits per heavy atom. The maximum atomic E-state index is 10.7. The van der Waals surface area contributed by atoms with Crippen molar-refractivity contribution >= 4 is 12.6 Å². The molecule has 0 atom stereocenters. The second-order valence-corrected chi connectivity index (χ2v) is 5.02. The first-order valence-electron chi connectivity index (χ1n) is 7.34. The van der Waals surface area contributed by atoms with Crippen molar-refractivity contribution in [3.05, 3.63) is 83.9 Å². The summed E-state index contributed by atoms with van der Waals surface area (Å²) < 4.78 is 11.7. The normalized spacial score (nSPS) is 10.0. The van der Waals surface area contributed by atoms with Crippen LogP contribution in [0.1, 0.15) is 20.7 Å². The molecule has 4 heteroatoms. The van der Waals surface area contributed by atoms with Gasteiger partial charge in [-0.15, -0.1) is 0 Å². The molecule has 3 aromatic carbocycles. The van der Waals surface area contributed by atoms with Gasteiger partial charge in [-0.25, -0.2) is 0 Å². The van der Waals surface area contributed by atoms with Gasteiger partial charge in [-0.05, 0) is 60.7 Å². The van der Waals surface area contributed by atoms with Crippen molar-refractivity contribution in [2.45, 2.75) is 0 Å². The van der Waals surface area contributed by atoms with Crippen LogP contribution in [0.5, 0.6) is 23.0 Å². The number of ether oxygens (including phenoxy) is 2. The minimum atomic E-state index is 0.552. The number of hydrogen-bond donors (Lipinski definition) is 0. The fourth-order valence-corrected chi connectivity index (χ4v) is 2.10. The summed E-state index contributed by atoms with van der Waals surface area (Å²) in [4.78, 5) is 21.4. The minimum absolute atomic E-state index is 0.552. The van der Waals surface area contributed by atoms with Gasteiger partial charge in [0.25, 0.3) is 0 Å². The molecule has 0 aliphatic carbocycles. The van der Waals surface area contributed by atoms with Gasteiger partial charge in [0.05, 0.1) is 0 Å². The Labute approximate surface area is 139 Å². The fraction of sp³-hybridized carbons (Fsp3) is 0. The summed E-state index contributed by atoms with van der Waals surface area (Å²) in [5, 5.41) is 0. The van der Waals surface area contributed by atoms with Gasteiger partial charge in [0.1, 0.15) is 24.1 Å². The fourth-order valence-electron chi connectivity index (χ4n) is 2.10. The maximum absolute atomic E-state index is 10.7. The van der Waals surface area contributed by atoms with E-state index in [1.807, 2.05) is 12.1 Å². The van der Waals surface area contributed by atoms with E-state index in [2.05, 4.69) is 0 Å². The molecule has 0 aromatic heterocycles. The van der Waals surface area contributed by atoms with E-state index in [-0.39, 0.29) is 0 Å². The molecule has 0 fully saturated rings. The zero-order valence-electron chi connectivity index (χ0n) is 12.7. The number of carbonyl (C=O) groups is 2. The summed E-state index contributed by atoms with van der Waals surface area (Å²) in [5.74, 6) is 2.31. The van der Waals surface area contributed by atoms with Gasteiger partial charge in [-0.2, -0.15) is 0 Å². The average Bonchev–Trinajstić information content (AvgIpc) is 2.64. The Morgan fingerprint density at radius 1 is 0.542 bits per heavy atom. The van der Waals surface area contributed by atoms with E-state index < -0.39 is 0 Å². The number of aldehydes is 2. The number of rotatable bonds is 6. The molecular formula is C20H14O4. The molecule has 0 aliphatic rings. The van der Waals surface area contributed by atoms with E-state index >= 15 is 0 Å². The smallest absolute Gasteiger partial charge is 0.169 e. The van der Waals surface area contributed by atoms with Crippen LogP contribution in [0.4, 0.5) is 0 Å². The largest absolute Gasteiger partial charge is 0.453 e. The minimum Gasteiger partial charge on any atom is -0.453 e. The van der Waals surface area contributed by atoms with Crippen LogP contribution in [-0.2, 0) is 0 Å². The number of hydrogen-bond acceptors (Lipinski definition) is 4. The summed E-state index contributed by atoms with van der Waals surface area (Å²) >= 11 is 0. The molecule has 0 unspecified atom stereocenters. The molecule has 0 saturated heterocycles.